The molecule has 7 nitrogen and oxygen atoms in total. The fourth-order valence-electron chi connectivity index (χ4n) is 2.94. The maximum absolute atomic E-state index is 13.0. The number of H-pyrrole nitrogens is 1. The molecule has 25 heavy (non-hydrogen) atoms. The number of rotatable bonds is 5. The van der Waals surface area contributed by atoms with E-state index in [1.807, 2.05) is 30.9 Å². The van der Waals surface area contributed by atoms with Crippen LogP contribution in [0.3, 0.4) is 0 Å². The molecule has 0 spiro atoms. The van der Waals surface area contributed by atoms with Gasteiger partial charge in [0.25, 0.3) is 5.69 Å². The van der Waals surface area contributed by atoms with Gasteiger partial charge in [0.2, 0.25) is 0 Å². The minimum Gasteiger partial charge on any atom is -0.373 e. The highest BCUT2D eigenvalue weighted by atomic mass is 16.6. The summed E-state index contributed by atoms with van der Waals surface area (Å²) < 4.78 is 0. The molecule has 0 aliphatic rings. The van der Waals surface area contributed by atoms with Crippen LogP contribution in [0.5, 0.6) is 0 Å². The lowest BCUT2D eigenvalue weighted by Gasteiger charge is -2.23. The maximum atomic E-state index is 13.0. The SMILES string of the molecule is CN(C)CCN(C)c1ccc([N+](=O)[O-])c2[nH]c3ccccc3c(=O)c12. The summed E-state index contributed by atoms with van der Waals surface area (Å²) in [6.45, 7) is 1.51. The average Bonchev–Trinajstić information content (AvgIpc) is 2.58. The first-order valence-corrected chi connectivity index (χ1v) is 7.98. The second kappa shape index (κ2) is 6.52. The van der Waals surface area contributed by atoms with Crippen molar-refractivity contribution in [3.05, 3.63) is 56.7 Å². The van der Waals surface area contributed by atoms with Crippen LogP contribution in [0.2, 0.25) is 0 Å². The van der Waals surface area contributed by atoms with Gasteiger partial charge < -0.3 is 14.8 Å². The van der Waals surface area contributed by atoms with E-state index in [2.05, 4.69) is 4.98 Å². The highest BCUT2D eigenvalue weighted by Gasteiger charge is 2.20. The van der Waals surface area contributed by atoms with Crippen LogP contribution in [0.15, 0.2) is 41.2 Å². The van der Waals surface area contributed by atoms with E-state index in [1.54, 1.807) is 30.3 Å². The van der Waals surface area contributed by atoms with Gasteiger partial charge in [-0.1, -0.05) is 12.1 Å². The van der Waals surface area contributed by atoms with Gasteiger partial charge in [-0.2, -0.15) is 0 Å². The highest BCUT2D eigenvalue weighted by Crippen LogP contribution is 2.31. The standard InChI is InChI=1S/C18H20N4O3/c1-20(2)10-11-21(3)14-8-9-15(22(24)25)17-16(14)18(23)12-6-4-5-7-13(12)19-17/h4-9H,10-11H2,1-3H3,(H,19,23). The molecular formula is C18H20N4O3. The second-order valence-corrected chi connectivity index (χ2v) is 6.34. The Balaban J connectivity index is 2.32. The van der Waals surface area contributed by atoms with Gasteiger partial charge >= 0.3 is 0 Å². The molecule has 0 aliphatic carbocycles. The molecule has 0 unspecified atom stereocenters. The minimum absolute atomic E-state index is 0.0948. The number of fused-ring (bicyclic) bond motifs is 2. The number of aromatic nitrogens is 1. The molecule has 2 aromatic carbocycles. The first-order valence-electron chi connectivity index (χ1n) is 7.98. The van der Waals surface area contributed by atoms with E-state index in [4.69, 9.17) is 0 Å². The number of para-hydroxylation sites is 1. The summed E-state index contributed by atoms with van der Waals surface area (Å²) in [5.74, 6) is 0. The van der Waals surface area contributed by atoms with Crippen LogP contribution in [-0.4, -0.2) is 49.0 Å². The summed E-state index contributed by atoms with van der Waals surface area (Å²) in [7, 11) is 5.84. The van der Waals surface area contributed by atoms with Crippen molar-refractivity contribution in [2.75, 3.05) is 39.1 Å². The minimum atomic E-state index is -0.462. The number of nitrogens with zero attached hydrogens (tertiary/aromatic N) is 3. The number of benzene rings is 2. The Bertz CT molecular complexity index is 1010. The molecule has 0 aliphatic heterocycles. The number of likely N-dealkylation sites (N-methyl/N-ethyl adjacent to an activating group) is 2. The molecule has 0 fully saturated rings. The quantitative estimate of drug-likeness (QED) is 0.438. The third-order valence-electron chi connectivity index (χ3n) is 4.31. The number of pyridine rings is 1. The smallest absolute Gasteiger partial charge is 0.293 e. The zero-order valence-corrected chi connectivity index (χ0v) is 14.4. The molecule has 0 bridgehead atoms. The van der Waals surface area contributed by atoms with Gasteiger partial charge in [0.05, 0.1) is 16.0 Å². The lowest BCUT2D eigenvalue weighted by Crippen LogP contribution is -2.29. The monoisotopic (exact) mass is 340 g/mol. The summed E-state index contributed by atoms with van der Waals surface area (Å²) in [6, 6.07) is 10.2. The van der Waals surface area contributed by atoms with E-state index in [-0.39, 0.29) is 16.6 Å². The fraction of sp³-hybridized carbons (Fsp3) is 0.278. The third-order valence-corrected chi connectivity index (χ3v) is 4.31. The molecule has 1 heterocycles. The van der Waals surface area contributed by atoms with Crippen molar-refractivity contribution in [2.45, 2.75) is 0 Å². The number of nitro benzene ring substituents is 1. The van der Waals surface area contributed by atoms with E-state index in [0.717, 1.165) is 6.54 Å². The Morgan fingerprint density at radius 3 is 2.48 bits per heavy atom. The number of anilines is 1. The molecule has 0 amide bonds. The number of nitro groups is 1. The Kier molecular flexibility index (Phi) is 4.41. The molecule has 1 N–H and O–H groups in total. The van der Waals surface area contributed by atoms with Gasteiger partial charge in [0, 0.05) is 37.1 Å². The number of aromatic amines is 1. The van der Waals surface area contributed by atoms with Crippen molar-refractivity contribution in [2.24, 2.45) is 0 Å². The van der Waals surface area contributed by atoms with E-state index >= 15 is 0 Å². The summed E-state index contributed by atoms with van der Waals surface area (Å²) in [5, 5.41) is 12.3. The van der Waals surface area contributed by atoms with Crippen LogP contribution in [0, 0.1) is 10.1 Å². The van der Waals surface area contributed by atoms with Gasteiger partial charge in [-0.05, 0) is 32.3 Å². The predicted molar refractivity (Wildman–Crippen MR) is 101 cm³/mol. The topological polar surface area (TPSA) is 82.5 Å². The number of non-ortho nitro benzene ring substituents is 1. The van der Waals surface area contributed by atoms with Crippen molar-refractivity contribution in [3.8, 4) is 0 Å². The largest absolute Gasteiger partial charge is 0.373 e. The number of hydrogen-bond acceptors (Lipinski definition) is 5. The Morgan fingerprint density at radius 2 is 1.80 bits per heavy atom. The first-order chi connectivity index (χ1) is 11.9. The Labute approximate surface area is 144 Å². The van der Waals surface area contributed by atoms with Crippen molar-refractivity contribution < 1.29 is 4.92 Å². The fourth-order valence-corrected chi connectivity index (χ4v) is 2.94. The normalized spacial score (nSPS) is 11.4. The molecule has 3 aromatic rings. The molecule has 0 atom stereocenters. The van der Waals surface area contributed by atoms with Gasteiger partial charge in [-0.3, -0.25) is 14.9 Å². The summed E-state index contributed by atoms with van der Waals surface area (Å²) in [4.78, 5) is 31.1. The van der Waals surface area contributed by atoms with Gasteiger partial charge in [-0.25, -0.2) is 0 Å². The van der Waals surface area contributed by atoms with Crippen molar-refractivity contribution >= 4 is 33.2 Å². The van der Waals surface area contributed by atoms with Crippen LogP contribution in [-0.2, 0) is 0 Å². The average molecular weight is 340 g/mol. The van der Waals surface area contributed by atoms with E-state index in [9.17, 15) is 14.9 Å². The molecule has 3 rings (SSSR count). The molecule has 0 radical (unpaired) electrons. The third kappa shape index (κ3) is 3.06. The molecule has 0 saturated carbocycles. The summed E-state index contributed by atoms with van der Waals surface area (Å²) >= 11 is 0. The van der Waals surface area contributed by atoms with Gasteiger partial charge in [0.1, 0.15) is 5.52 Å². The van der Waals surface area contributed by atoms with Gasteiger partial charge in [-0.15, -0.1) is 0 Å². The maximum Gasteiger partial charge on any atom is 0.293 e. The predicted octanol–water partition coefficient (Wildman–Crippen LogP) is 2.59. The van der Waals surface area contributed by atoms with E-state index in [0.29, 0.717) is 28.5 Å². The van der Waals surface area contributed by atoms with Crippen molar-refractivity contribution in [3.63, 3.8) is 0 Å². The number of hydrogen-bond donors (Lipinski definition) is 1. The van der Waals surface area contributed by atoms with Gasteiger partial charge in [0.15, 0.2) is 5.43 Å². The lowest BCUT2D eigenvalue weighted by molar-refractivity contribution is -0.383. The molecule has 7 heteroatoms. The second-order valence-electron chi connectivity index (χ2n) is 6.34. The Morgan fingerprint density at radius 1 is 1.08 bits per heavy atom. The van der Waals surface area contributed by atoms with Crippen LogP contribution < -0.4 is 10.3 Å². The van der Waals surface area contributed by atoms with Crippen LogP contribution in [0.1, 0.15) is 0 Å². The van der Waals surface area contributed by atoms with Crippen LogP contribution >= 0.6 is 0 Å². The van der Waals surface area contributed by atoms with Crippen molar-refractivity contribution in [1.82, 2.24) is 9.88 Å². The zero-order chi connectivity index (χ0) is 18.1. The molecular weight excluding hydrogens is 320 g/mol. The highest BCUT2D eigenvalue weighted by molar-refractivity contribution is 6.03. The van der Waals surface area contributed by atoms with E-state index < -0.39 is 4.92 Å². The number of nitrogens with one attached hydrogen (secondary N) is 1. The van der Waals surface area contributed by atoms with Crippen LogP contribution in [0.4, 0.5) is 11.4 Å². The molecule has 130 valence electrons. The van der Waals surface area contributed by atoms with Crippen LogP contribution in [0.25, 0.3) is 21.8 Å². The zero-order valence-electron chi connectivity index (χ0n) is 14.4. The summed E-state index contributed by atoms with van der Waals surface area (Å²) in [5.41, 5.74) is 1.26. The Hall–Kier alpha value is -2.93. The molecule has 0 saturated heterocycles. The molecule has 1 aromatic heterocycles. The first kappa shape index (κ1) is 16.9. The van der Waals surface area contributed by atoms with Crippen molar-refractivity contribution in [1.29, 1.82) is 0 Å². The van der Waals surface area contributed by atoms with E-state index in [1.165, 1.54) is 6.07 Å². The summed E-state index contributed by atoms with van der Waals surface area (Å²) in [6.07, 6.45) is 0. The lowest BCUT2D eigenvalue weighted by atomic mass is 10.1.